The van der Waals surface area contributed by atoms with Gasteiger partial charge in [-0.3, -0.25) is 0 Å². The molecule has 0 aliphatic heterocycles. The van der Waals surface area contributed by atoms with Gasteiger partial charge in [0.25, 0.3) is 0 Å². The third kappa shape index (κ3) is 4.36. The Labute approximate surface area is 137 Å². The fraction of sp³-hybridized carbons (Fsp3) is 0.267. The summed E-state index contributed by atoms with van der Waals surface area (Å²) >= 11 is 5.00. The molecule has 0 saturated carbocycles. The van der Waals surface area contributed by atoms with Crippen LogP contribution in [-0.2, 0) is 0 Å². The number of nitrogens with zero attached hydrogens (tertiary/aromatic N) is 1. The van der Waals surface area contributed by atoms with Gasteiger partial charge in [-0.25, -0.2) is 4.98 Å². The summed E-state index contributed by atoms with van der Waals surface area (Å²) in [5, 5.41) is 0.953. The van der Waals surface area contributed by atoms with E-state index in [1.807, 2.05) is 30.3 Å². The highest BCUT2D eigenvalue weighted by Gasteiger charge is 2.11. The summed E-state index contributed by atoms with van der Waals surface area (Å²) < 4.78 is 11.5. The first-order chi connectivity index (χ1) is 10.1. The van der Waals surface area contributed by atoms with E-state index in [4.69, 9.17) is 15.2 Å². The quantitative estimate of drug-likeness (QED) is 0.788. The Morgan fingerprint density at radius 3 is 2.57 bits per heavy atom. The van der Waals surface area contributed by atoms with Gasteiger partial charge in [-0.1, -0.05) is 6.07 Å². The molecule has 0 radical (unpaired) electrons. The predicted octanol–water partition coefficient (Wildman–Crippen LogP) is 3.65. The van der Waals surface area contributed by atoms with Crippen molar-refractivity contribution in [3.05, 3.63) is 46.6 Å². The number of rotatable bonds is 6. The summed E-state index contributed by atoms with van der Waals surface area (Å²) in [4.78, 5) is 4.32. The monoisotopic (exact) mass is 368 g/mol. The van der Waals surface area contributed by atoms with Crippen LogP contribution < -0.4 is 15.2 Å². The molecule has 0 aliphatic rings. The molecular formula is C15H17BrN2O2S. The highest BCUT2D eigenvalue weighted by atomic mass is 79.9. The van der Waals surface area contributed by atoms with E-state index < -0.39 is 0 Å². The zero-order chi connectivity index (χ0) is 15.2. The van der Waals surface area contributed by atoms with Crippen LogP contribution in [0.25, 0.3) is 0 Å². The molecule has 1 heterocycles. The maximum atomic E-state index is 6.23. The van der Waals surface area contributed by atoms with Gasteiger partial charge in [0.15, 0.2) is 11.5 Å². The molecule has 4 nitrogen and oxygen atoms in total. The third-order valence-corrected chi connectivity index (χ3v) is 4.48. The van der Waals surface area contributed by atoms with Crippen LogP contribution in [0.15, 0.2) is 46.0 Å². The summed E-state index contributed by atoms with van der Waals surface area (Å²) in [5.41, 5.74) is 7.24. The van der Waals surface area contributed by atoms with Gasteiger partial charge >= 0.3 is 0 Å². The van der Waals surface area contributed by atoms with Gasteiger partial charge in [-0.15, -0.1) is 11.8 Å². The second-order valence-electron chi connectivity index (χ2n) is 4.35. The SMILES string of the molecule is COc1ccc(C(N)CSc2ccc(Br)cn2)cc1OC. The van der Waals surface area contributed by atoms with Gasteiger partial charge in [0, 0.05) is 22.5 Å². The van der Waals surface area contributed by atoms with Crippen molar-refractivity contribution >= 4 is 27.7 Å². The summed E-state index contributed by atoms with van der Waals surface area (Å²) in [5.74, 6) is 2.14. The van der Waals surface area contributed by atoms with E-state index in [0.717, 1.165) is 20.8 Å². The lowest BCUT2D eigenvalue weighted by Gasteiger charge is -2.14. The Kier molecular flexibility index (Phi) is 5.90. The van der Waals surface area contributed by atoms with Crippen molar-refractivity contribution in [3.8, 4) is 11.5 Å². The van der Waals surface area contributed by atoms with Crippen LogP contribution in [0.3, 0.4) is 0 Å². The number of aromatic nitrogens is 1. The lowest BCUT2D eigenvalue weighted by atomic mass is 10.1. The molecule has 1 aromatic heterocycles. The summed E-state index contributed by atoms with van der Waals surface area (Å²) in [6.07, 6.45) is 1.78. The van der Waals surface area contributed by atoms with Crippen LogP contribution in [0.2, 0.25) is 0 Å². The minimum atomic E-state index is -0.0970. The molecule has 1 aromatic carbocycles. The Hall–Kier alpha value is -1.24. The molecule has 2 aromatic rings. The van der Waals surface area contributed by atoms with Crippen molar-refractivity contribution in [2.75, 3.05) is 20.0 Å². The van der Waals surface area contributed by atoms with E-state index in [0.29, 0.717) is 11.5 Å². The number of hydrogen-bond acceptors (Lipinski definition) is 5. The Morgan fingerprint density at radius 1 is 1.19 bits per heavy atom. The lowest BCUT2D eigenvalue weighted by Crippen LogP contribution is -2.13. The van der Waals surface area contributed by atoms with Crippen LogP contribution >= 0.6 is 27.7 Å². The van der Waals surface area contributed by atoms with Crippen molar-refractivity contribution in [2.24, 2.45) is 5.73 Å². The van der Waals surface area contributed by atoms with Crippen molar-refractivity contribution < 1.29 is 9.47 Å². The Balaban J connectivity index is 2.02. The van der Waals surface area contributed by atoms with E-state index in [1.165, 1.54) is 0 Å². The first-order valence-corrected chi connectivity index (χ1v) is 8.13. The summed E-state index contributed by atoms with van der Waals surface area (Å²) in [6, 6.07) is 9.59. The highest BCUT2D eigenvalue weighted by molar-refractivity contribution is 9.10. The third-order valence-electron chi connectivity index (χ3n) is 2.95. The standard InChI is InChI=1S/C15H17BrN2O2S/c1-19-13-5-3-10(7-14(13)20-2)12(17)9-21-15-6-4-11(16)8-18-15/h3-8,12H,9,17H2,1-2H3. The average Bonchev–Trinajstić information content (AvgIpc) is 2.53. The van der Waals surface area contributed by atoms with E-state index >= 15 is 0 Å². The molecule has 0 amide bonds. The minimum Gasteiger partial charge on any atom is -0.493 e. The van der Waals surface area contributed by atoms with Crippen molar-refractivity contribution in [3.63, 3.8) is 0 Å². The molecule has 112 valence electrons. The fourth-order valence-electron chi connectivity index (χ4n) is 1.80. The van der Waals surface area contributed by atoms with E-state index in [2.05, 4.69) is 20.9 Å². The van der Waals surface area contributed by atoms with Crippen LogP contribution in [-0.4, -0.2) is 25.0 Å². The molecule has 1 atom stereocenters. The molecule has 0 aliphatic carbocycles. The van der Waals surface area contributed by atoms with Gasteiger partial charge in [0.2, 0.25) is 0 Å². The molecule has 0 saturated heterocycles. The molecule has 0 spiro atoms. The van der Waals surface area contributed by atoms with E-state index in [1.54, 1.807) is 32.2 Å². The van der Waals surface area contributed by atoms with Crippen LogP contribution in [0.5, 0.6) is 11.5 Å². The molecule has 0 bridgehead atoms. The topological polar surface area (TPSA) is 57.4 Å². The van der Waals surface area contributed by atoms with Crippen molar-refractivity contribution in [1.29, 1.82) is 0 Å². The molecule has 1 unspecified atom stereocenters. The van der Waals surface area contributed by atoms with Gasteiger partial charge in [-0.2, -0.15) is 0 Å². The molecule has 2 N–H and O–H groups in total. The Morgan fingerprint density at radius 2 is 1.95 bits per heavy atom. The number of methoxy groups -OCH3 is 2. The number of thioether (sulfide) groups is 1. The number of pyridine rings is 1. The lowest BCUT2D eigenvalue weighted by molar-refractivity contribution is 0.354. The zero-order valence-corrected chi connectivity index (χ0v) is 14.3. The fourth-order valence-corrected chi connectivity index (χ4v) is 2.87. The first-order valence-electron chi connectivity index (χ1n) is 6.36. The molecule has 6 heteroatoms. The van der Waals surface area contributed by atoms with Crippen LogP contribution in [0.1, 0.15) is 11.6 Å². The molecular weight excluding hydrogens is 352 g/mol. The van der Waals surface area contributed by atoms with Gasteiger partial charge in [-0.05, 0) is 45.8 Å². The minimum absolute atomic E-state index is 0.0970. The number of nitrogens with two attached hydrogens (primary N) is 1. The number of halogens is 1. The second-order valence-corrected chi connectivity index (χ2v) is 6.30. The van der Waals surface area contributed by atoms with Gasteiger partial charge < -0.3 is 15.2 Å². The van der Waals surface area contributed by atoms with Crippen molar-refractivity contribution in [2.45, 2.75) is 11.1 Å². The van der Waals surface area contributed by atoms with Crippen LogP contribution in [0.4, 0.5) is 0 Å². The number of hydrogen-bond donors (Lipinski definition) is 1. The van der Waals surface area contributed by atoms with E-state index in [9.17, 15) is 0 Å². The normalized spacial score (nSPS) is 12.0. The maximum Gasteiger partial charge on any atom is 0.161 e. The Bertz CT molecular complexity index is 593. The first kappa shape index (κ1) is 16.1. The summed E-state index contributed by atoms with van der Waals surface area (Å²) in [6.45, 7) is 0. The predicted molar refractivity (Wildman–Crippen MR) is 89.1 cm³/mol. The zero-order valence-electron chi connectivity index (χ0n) is 11.9. The highest BCUT2D eigenvalue weighted by Crippen LogP contribution is 2.31. The van der Waals surface area contributed by atoms with Gasteiger partial charge in [0.05, 0.1) is 19.2 Å². The van der Waals surface area contributed by atoms with Gasteiger partial charge in [0.1, 0.15) is 0 Å². The number of ether oxygens (including phenoxy) is 2. The molecule has 2 rings (SSSR count). The molecule has 0 fully saturated rings. The second kappa shape index (κ2) is 7.68. The maximum absolute atomic E-state index is 6.23. The van der Waals surface area contributed by atoms with E-state index in [-0.39, 0.29) is 6.04 Å². The molecule has 21 heavy (non-hydrogen) atoms. The van der Waals surface area contributed by atoms with Crippen LogP contribution in [0, 0.1) is 0 Å². The summed E-state index contributed by atoms with van der Waals surface area (Å²) in [7, 11) is 3.24. The average molecular weight is 369 g/mol. The van der Waals surface area contributed by atoms with Crippen molar-refractivity contribution in [1.82, 2.24) is 4.98 Å². The number of benzene rings is 1. The largest absolute Gasteiger partial charge is 0.493 e. The smallest absolute Gasteiger partial charge is 0.161 e.